The average Bonchev–Trinajstić information content (AvgIpc) is 2.78. The largest absolute Gasteiger partial charge is 0.350 e. The average molecular weight is 484 g/mol. The first-order valence-electron chi connectivity index (χ1n) is 11.5. The molecule has 0 spiro atoms. The number of primary amides is 1. The van der Waals surface area contributed by atoms with Gasteiger partial charge in [0.1, 0.15) is 0 Å². The molecule has 2 aromatic rings. The van der Waals surface area contributed by atoms with E-state index in [9.17, 15) is 4.79 Å². The Labute approximate surface area is 203 Å². The molecule has 14 heteroatoms. The van der Waals surface area contributed by atoms with Gasteiger partial charge in [-0.15, -0.1) is 0 Å². The number of hydrogen-bond acceptors (Lipinski definition) is 12. The molecule has 0 bridgehead atoms. The van der Waals surface area contributed by atoms with Crippen molar-refractivity contribution in [2.24, 2.45) is 33.8 Å². The Balaban J connectivity index is 1.59. The zero-order valence-corrected chi connectivity index (χ0v) is 19.4. The van der Waals surface area contributed by atoms with Crippen molar-refractivity contribution in [2.45, 2.75) is 37.0 Å². The van der Waals surface area contributed by atoms with Gasteiger partial charge in [-0.3, -0.25) is 0 Å². The minimum Gasteiger partial charge on any atom is -0.350 e. The molecule has 2 fully saturated rings. The molecule has 14 nitrogen and oxygen atoms in total. The third-order valence-corrected chi connectivity index (χ3v) is 5.76. The number of carbonyl (C=O) groups is 1. The van der Waals surface area contributed by atoms with Gasteiger partial charge in [-0.25, -0.2) is 10.2 Å². The second-order valence-electron chi connectivity index (χ2n) is 9.06. The fourth-order valence-corrected chi connectivity index (χ4v) is 4.33. The number of carbonyl (C=O) groups excluding carboxylic acids is 1. The Morgan fingerprint density at radius 1 is 0.857 bits per heavy atom. The summed E-state index contributed by atoms with van der Waals surface area (Å²) in [6, 6.07) is 6.34. The molecule has 3 heterocycles. The van der Waals surface area contributed by atoms with Gasteiger partial charge in [-0.2, -0.15) is 20.1 Å². The molecule has 0 unspecified atom stereocenters. The van der Waals surface area contributed by atoms with Gasteiger partial charge < -0.3 is 43.8 Å². The third kappa shape index (κ3) is 6.73. The zero-order chi connectivity index (χ0) is 24.9. The second kappa shape index (κ2) is 10.8. The van der Waals surface area contributed by atoms with Gasteiger partial charge in [0.25, 0.3) is 0 Å². The molecular formula is C21H33N13O. The Hall–Kier alpha value is -3.59. The summed E-state index contributed by atoms with van der Waals surface area (Å²) in [6.45, 7) is 2.40. The molecule has 0 aliphatic carbocycles. The zero-order valence-electron chi connectivity index (χ0n) is 19.4. The van der Waals surface area contributed by atoms with Crippen LogP contribution in [0.1, 0.15) is 18.4 Å². The van der Waals surface area contributed by atoms with Crippen LogP contribution < -0.4 is 49.2 Å². The third-order valence-electron chi connectivity index (χ3n) is 5.76. The molecule has 2 amide bonds. The van der Waals surface area contributed by atoms with E-state index in [1.165, 1.54) is 6.21 Å². The number of nitrogens with two attached hydrogens (primary N) is 5. The number of nitrogens with one attached hydrogen (secondary N) is 2. The second-order valence-corrected chi connectivity index (χ2v) is 9.06. The van der Waals surface area contributed by atoms with Crippen molar-refractivity contribution in [3.8, 4) is 0 Å². The van der Waals surface area contributed by atoms with Crippen LogP contribution in [0.5, 0.6) is 0 Å². The lowest BCUT2D eigenvalue weighted by Gasteiger charge is -2.37. The predicted octanol–water partition coefficient (Wildman–Crippen LogP) is -1.65. The molecular weight excluding hydrogens is 450 g/mol. The van der Waals surface area contributed by atoms with E-state index in [1.54, 1.807) is 0 Å². The van der Waals surface area contributed by atoms with Gasteiger partial charge in [0, 0.05) is 56.0 Å². The summed E-state index contributed by atoms with van der Waals surface area (Å²) < 4.78 is 0. The Morgan fingerprint density at radius 3 is 1.80 bits per heavy atom. The first-order chi connectivity index (χ1) is 16.7. The summed E-state index contributed by atoms with van der Waals surface area (Å²) in [7, 11) is 0. The number of anilines is 4. The molecule has 2 saturated heterocycles. The maximum Gasteiger partial charge on any atom is 0.332 e. The summed E-state index contributed by atoms with van der Waals surface area (Å²) in [5, 5.41) is 6.99. The van der Waals surface area contributed by atoms with Crippen LogP contribution in [0.4, 0.5) is 28.3 Å². The topological polar surface area (TPSA) is 229 Å². The fraction of sp³-hybridized carbons (Fsp3) is 0.476. The highest BCUT2D eigenvalue weighted by Gasteiger charge is 2.28. The summed E-state index contributed by atoms with van der Waals surface area (Å²) in [5.74, 6) is 1.37. The predicted molar refractivity (Wildman–Crippen MR) is 135 cm³/mol. The molecule has 2 aliphatic rings. The maximum atomic E-state index is 10.7. The van der Waals surface area contributed by atoms with Gasteiger partial charge in [-0.1, -0.05) is 12.1 Å². The minimum atomic E-state index is -0.729. The van der Waals surface area contributed by atoms with Crippen molar-refractivity contribution in [3.63, 3.8) is 0 Å². The normalized spacial score (nSPS) is 25.0. The van der Waals surface area contributed by atoms with E-state index in [2.05, 4.69) is 25.8 Å². The van der Waals surface area contributed by atoms with E-state index in [-0.39, 0.29) is 24.2 Å². The van der Waals surface area contributed by atoms with Gasteiger partial charge >= 0.3 is 6.03 Å². The SMILES string of the molecule is NC(=O)N/N=C/c1ccc(Nc2nc(N3C[C@H](N)C[C@H](N)C3)nc(N3C[C@H](N)C[C@H](N)C3)n2)cc1. The Bertz CT molecular complexity index is 982. The van der Waals surface area contributed by atoms with Crippen LogP contribution in [-0.2, 0) is 0 Å². The van der Waals surface area contributed by atoms with Crippen molar-refractivity contribution in [1.29, 1.82) is 0 Å². The smallest absolute Gasteiger partial charge is 0.332 e. The lowest BCUT2D eigenvalue weighted by molar-refractivity contribution is 0.249. The number of piperidine rings is 2. The molecule has 4 rings (SSSR count). The molecule has 0 saturated carbocycles. The van der Waals surface area contributed by atoms with E-state index in [0.29, 0.717) is 44.0 Å². The van der Waals surface area contributed by atoms with E-state index >= 15 is 0 Å². The highest BCUT2D eigenvalue weighted by Crippen LogP contribution is 2.23. The monoisotopic (exact) mass is 483 g/mol. The van der Waals surface area contributed by atoms with Crippen LogP contribution in [0.2, 0.25) is 0 Å². The summed E-state index contributed by atoms with van der Waals surface area (Å²) >= 11 is 0. The van der Waals surface area contributed by atoms with Crippen LogP contribution in [0.15, 0.2) is 29.4 Å². The highest BCUT2D eigenvalue weighted by atomic mass is 16.2. The number of rotatable bonds is 6. The van der Waals surface area contributed by atoms with Gasteiger partial charge in [0.2, 0.25) is 17.8 Å². The van der Waals surface area contributed by atoms with Crippen LogP contribution in [0.3, 0.4) is 0 Å². The minimum absolute atomic E-state index is 0.0644. The fourth-order valence-electron chi connectivity index (χ4n) is 4.33. The van der Waals surface area contributed by atoms with Crippen molar-refractivity contribution in [1.82, 2.24) is 20.4 Å². The summed E-state index contributed by atoms with van der Waals surface area (Å²) in [4.78, 5) is 28.7. The first-order valence-corrected chi connectivity index (χ1v) is 11.5. The molecule has 0 radical (unpaired) electrons. The van der Waals surface area contributed by atoms with Crippen molar-refractivity contribution >= 4 is 35.8 Å². The van der Waals surface area contributed by atoms with Crippen molar-refractivity contribution in [3.05, 3.63) is 29.8 Å². The van der Waals surface area contributed by atoms with Gasteiger partial charge in [0.05, 0.1) is 6.21 Å². The molecule has 188 valence electrons. The molecule has 1 aromatic carbocycles. The quantitative estimate of drug-likeness (QED) is 0.182. The Kier molecular flexibility index (Phi) is 7.55. The van der Waals surface area contributed by atoms with E-state index < -0.39 is 6.03 Å². The lowest BCUT2D eigenvalue weighted by Crippen LogP contribution is -2.54. The number of hydrogen-bond donors (Lipinski definition) is 7. The van der Waals surface area contributed by atoms with Crippen LogP contribution in [0.25, 0.3) is 0 Å². The van der Waals surface area contributed by atoms with Crippen LogP contribution >= 0.6 is 0 Å². The molecule has 2 aliphatic heterocycles. The van der Waals surface area contributed by atoms with E-state index in [0.717, 1.165) is 24.1 Å². The Morgan fingerprint density at radius 2 is 1.34 bits per heavy atom. The number of aromatic nitrogens is 3. The maximum absolute atomic E-state index is 10.7. The van der Waals surface area contributed by atoms with Gasteiger partial charge in [0.15, 0.2) is 0 Å². The highest BCUT2D eigenvalue weighted by molar-refractivity contribution is 5.82. The standard InChI is InChI=1S/C21H33N13O/c22-13-5-14(23)9-33(8-13)20-29-19(30-21(31-20)34-10-15(24)6-16(25)11-34)28-17-3-1-12(2-4-17)7-27-32-18(26)35/h1-4,7,13-16H,5-6,8-11,22-25H2,(H3,26,32,35)(H,28,29,30,31)/b27-7+/t13-,14+,15-,16+. The summed E-state index contributed by atoms with van der Waals surface area (Å²) in [5.41, 5.74) is 33.5. The van der Waals surface area contributed by atoms with Crippen LogP contribution in [-0.4, -0.2) is 77.5 Å². The molecule has 12 N–H and O–H groups in total. The number of nitrogens with zero attached hydrogens (tertiary/aromatic N) is 6. The number of amides is 2. The van der Waals surface area contributed by atoms with E-state index in [1.807, 2.05) is 34.1 Å². The molecule has 35 heavy (non-hydrogen) atoms. The number of urea groups is 1. The van der Waals surface area contributed by atoms with Gasteiger partial charge in [-0.05, 0) is 30.5 Å². The van der Waals surface area contributed by atoms with Crippen LogP contribution in [0, 0.1) is 0 Å². The molecule has 4 atom stereocenters. The summed E-state index contributed by atoms with van der Waals surface area (Å²) in [6.07, 6.45) is 2.99. The van der Waals surface area contributed by atoms with E-state index in [4.69, 9.17) is 33.7 Å². The number of benzene rings is 1. The van der Waals surface area contributed by atoms with Crippen molar-refractivity contribution < 1.29 is 4.79 Å². The van der Waals surface area contributed by atoms with Crippen molar-refractivity contribution in [2.75, 3.05) is 41.3 Å². The first kappa shape index (κ1) is 24.5. The molecule has 1 aromatic heterocycles. The lowest BCUT2D eigenvalue weighted by atomic mass is 10.0. The number of hydrazone groups is 1.